The van der Waals surface area contributed by atoms with Crippen LogP contribution in [0, 0.1) is 0 Å². The van der Waals surface area contributed by atoms with Gasteiger partial charge < -0.3 is 19.7 Å². The maximum atomic E-state index is 12.9. The highest BCUT2D eigenvalue weighted by Crippen LogP contribution is 2.37. The largest absolute Gasteiger partial charge is 0.497 e. The highest BCUT2D eigenvalue weighted by molar-refractivity contribution is 6.16. The fourth-order valence-corrected chi connectivity index (χ4v) is 2.95. The molecule has 136 valence electrons. The number of ether oxygens (including phenoxy) is 2. The van der Waals surface area contributed by atoms with E-state index in [0.717, 1.165) is 11.3 Å². The van der Waals surface area contributed by atoms with E-state index in [4.69, 9.17) is 9.47 Å². The molecular formula is C20H22N2O4. The minimum atomic E-state index is -1.60. The zero-order chi connectivity index (χ0) is 18.7. The number of carbonyl (C=O) groups is 2. The van der Waals surface area contributed by atoms with E-state index in [-0.39, 0.29) is 5.91 Å². The summed E-state index contributed by atoms with van der Waals surface area (Å²) in [6.45, 7) is 4.14. The average Bonchev–Trinajstić information content (AvgIpc) is 2.67. The Morgan fingerprint density at radius 3 is 2.54 bits per heavy atom. The SMILES string of the molecule is CCN1C(=O)C(C)(C(=O)NCc2ccc(OC)cc2)Oc2ccccc21. The normalized spacial score (nSPS) is 18.7. The summed E-state index contributed by atoms with van der Waals surface area (Å²) in [6.07, 6.45) is 0. The number of methoxy groups -OCH3 is 1. The van der Waals surface area contributed by atoms with Gasteiger partial charge in [0, 0.05) is 13.1 Å². The predicted octanol–water partition coefficient (Wildman–Crippen LogP) is 2.52. The van der Waals surface area contributed by atoms with Crippen molar-refractivity contribution in [1.82, 2.24) is 5.32 Å². The fourth-order valence-electron chi connectivity index (χ4n) is 2.95. The van der Waals surface area contributed by atoms with Crippen LogP contribution in [0.25, 0.3) is 0 Å². The number of fused-ring (bicyclic) bond motifs is 1. The van der Waals surface area contributed by atoms with Crippen LogP contribution in [0.3, 0.4) is 0 Å². The Balaban J connectivity index is 1.78. The topological polar surface area (TPSA) is 67.9 Å². The van der Waals surface area contributed by atoms with E-state index in [9.17, 15) is 9.59 Å². The van der Waals surface area contributed by atoms with Crippen molar-refractivity contribution in [3.8, 4) is 11.5 Å². The minimum absolute atomic E-state index is 0.294. The van der Waals surface area contributed by atoms with Crippen LogP contribution in [0.4, 0.5) is 5.69 Å². The highest BCUT2D eigenvalue weighted by Gasteiger charge is 2.50. The zero-order valence-corrected chi connectivity index (χ0v) is 15.1. The number of nitrogens with one attached hydrogen (secondary N) is 1. The first-order valence-electron chi connectivity index (χ1n) is 8.51. The van der Waals surface area contributed by atoms with E-state index in [0.29, 0.717) is 24.5 Å². The predicted molar refractivity (Wildman–Crippen MR) is 98.3 cm³/mol. The average molecular weight is 354 g/mol. The number of amides is 2. The summed E-state index contributed by atoms with van der Waals surface area (Å²) in [7, 11) is 1.60. The monoisotopic (exact) mass is 354 g/mol. The van der Waals surface area contributed by atoms with Gasteiger partial charge in [-0.1, -0.05) is 24.3 Å². The Labute approximate surface area is 152 Å². The molecule has 1 unspecified atom stereocenters. The molecule has 0 aromatic heterocycles. The van der Waals surface area contributed by atoms with Crippen molar-refractivity contribution in [1.29, 1.82) is 0 Å². The van der Waals surface area contributed by atoms with E-state index in [1.54, 1.807) is 18.1 Å². The molecule has 2 amide bonds. The van der Waals surface area contributed by atoms with Crippen LogP contribution >= 0.6 is 0 Å². The Hall–Kier alpha value is -3.02. The van der Waals surface area contributed by atoms with Gasteiger partial charge in [-0.15, -0.1) is 0 Å². The Kier molecular flexibility index (Phi) is 4.84. The molecule has 2 aromatic rings. The lowest BCUT2D eigenvalue weighted by Gasteiger charge is -2.39. The smallest absolute Gasteiger partial charge is 0.280 e. The van der Waals surface area contributed by atoms with Gasteiger partial charge in [0.05, 0.1) is 12.8 Å². The lowest BCUT2D eigenvalue weighted by molar-refractivity contribution is -0.148. The third-order valence-electron chi connectivity index (χ3n) is 4.49. The van der Waals surface area contributed by atoms with Crippen LogP contribution in [0.2, 0.25) is 0 Å². The van der Waals surface area contributed by atoms with Crippen LogP contribution in [0.1, 0.15) is 19.4 Å². The number of para-hydroxylation sites is 2. The molecule has 1 aliphatic rings. The molecule has 26 heavy (non-hydrogen) atoms. The Morgan fingerprint density at radius 1 is 1.19 bits per heavy atom. The van der Waals surface area contributed by atoms with E-state index in [1.807, 2.05) is 49.4 Å². The molecule has 1 aliphatic heterocycles. The first-order chi connectivity index (χ1) is 12.5. The van der Waals surface area contributed by atoms with Gasteiger partial charge in [-0.25, -0.2) is 0 Å². The molecule has 6 heteroatoms. The molecule has 1 heterocycles. The maximum Gasteiger partial charge on any atom is 0.280 e. The molecule has 0 fully saturated rings. The summed E-state index contributed by atoms with van der Waals surface area (Å²) in [5, 5.41) is 2.80. The summed E-state index contributed by atoms with van der Waals surface area (Å²) >= 11 is 0. The summed E-state index contributed by atoms with van der Waals surface area (Å²) in [5.74, 6) is 0.432. The second kappa shape index (κ2) is 7.07. The number of hydrogen-bond donors (Lipinski definition) is 1. The second-order valence-corrected chi connectivity index (χ2v) is 6.18. The van der Waals surface area contributed by atoms with Crippen molar-refractivity contribution >= 4 is 17.5 Å². The molecule has 0 saturated carbocycles. The van der Waals surface area contributed by atoms with Crippen molar-refractivity contribution in [3.05, 3.63) is 54.1 Å². The molecule has 0 radical (unpaired) electrons. The number of likely N-dealkylation sites (N-methyl/N-ethyl adjacent to an activating group) is 1. The molecule has 3 rings (SSSR count). The van der Waals surface area contributed by atoms with Crippen molar-refractivity contribution in [2.45, 2.75) is 26.0 Å². The molecule has 6 nitrogen and oxygen atoms in total. The highest BCUT2D eigenvalue weighted by atomic mass is 16.5. The molecular weight excluding hydrogens is 332 g/mol. The quantitative estimate of drug-likeness (QED) is 0.838. The van der Waals surface area contributed by atoms with Crippen LogP contribution in [-0.2, 0) is 16.1 Å². The van der Waals surface area contributed by atoms with Crippen molar-refractivity contribution in [2.75, 3.05) is 18.6 Å². The summed E-state index contributed by atoms with van der Waals surface area (Å²) in [4.78, 5) is 27.3. The fraction of sp³-hybridized carbons (Fsp3) is 0.300. The number of rotatable bonds is 5. The van der Waals surface area contributed by atoms with Gasteiger partial charge in [0.2, 0.25) is 0 Å². The van der Waals surface area contributed by atoms with Gasteiger partial charge in [-0.05, 0) is 43.7 Å². The summed E-state index contributed by atoms with van der Waals surface area (Å²) in [6, 6.07) is 14.6. The minimum Gasteiger partial charge on any atom is -0.497 e. The second-order valence-electron chi connectivity index (χ2n) is 6.18. The van der Waals surface area contributed by atoms with Crippen LogP contribution in [0.5, 0.6) is 11.5 Å². The molecule has 0 bridgehead atoms. The molecule has 0 aliphatic carbocycles. The van der Waals surface area contributed by atoms with Crippen molar-refractivity contribution < 1.29 is 19.1 Å². The molecule has 2 aromatic carbocycles. The Morgan fingerprint density at radius 2 is 1.88 bits per heavy atom. The number of nitrogens with zero attached hydrogens (tertiary/aromatic N) is 1. The lowest BCUT2D eigenvalue weighted by Crippen LogP contribution is -2.62. The van der Waals surface area contributed by atoms with Crippen LogP contribution < -0.4 is 19.7 Å². The van der Waals surface area contributed by atoms with Gasteiger partial charge in [0.25, 0.3) is 17.4 Å². The molecule has 1 atom stereocenters. The van der Waals surface area contributed by atoms with E-state index < -0.39 is 11.5 Å². The standard InChI is InChI=1S/C20H22N2O4/c1-4-22-16-7-5-6-8-17(16)26-20(2,19(22)24)18(23)21-13-14-9-11-15(25-3)12-10-14/h5-12H,4,13H2,1-3H3,(H,21,23). The third-order valence-corrected chi connectivity index (χ3v) is 4.49. The van der Waals surface area contributed by atoms with Gasteiger partial charge in [-0.2, -0.15) is 0 Å². The summed E-state index contributed by atoms with van der Waals surface area (Å²) in [5.41, 5.74) is -0.0178. The van der Waals surface area contributed by atoms with Gasteiger partial charge in [0.15, 0.2) is 0 Å². The van der Waals surface area contributed by atoms with Gasteiger partial charge in [0.1, 0.15) is 11.5 Å². The van der Waals surface area contributed by atoms with E-state index >= 15 is 0 Å². The Bertz CT molecular complexity index is 819. The molecule has 1 N–H and O–H groups in total. The lowest BCUT2D eigenvalue weighted by atomic mass is 9.99. The molecule has 0 spiro atoms. The first-order valence-corrected chi connectivity index (χ1v) is 8.51. The third kappa shape index (κ3) is 3.10. The zero-order valence-electron chi connectivity index (χ0n) is 15.1. The van der Waals surface area contributed by atoms with Crippen LogP contribution in [0.15, 0.2) is 48.5 Å². The van der Waals surface area contributed by atoms with E-state index in [2.05, 4.69) is 5.32 Å². The van der Waals surface area contributed by atoms with Gasteiger partial charge in [-0.3, -0.25) is 9.59 Å². The first kappa shape index (κ1) is 17.8. The summed E-state index contributed by atoms with van der Waals surface area (Å²) < 4.78 is 10.9. The maximum absolute atomic E-state index is 12.9. The number of hydrogen-bond acceptors (Lipinski definition) is 4. The van der Waals surface area contributed by atoms with Crippen LogP contribution in [-0.4, -0.2) is 31.1 Å². The molecule has 0 saturated heterocycles. The van der Waals surface area contributed by atoms with Crippen molar-refractivity contribution in [2.24, 2.45) is 0 Å². The number of anilines is 1. The van der Waals surface area contributed by atoms with E-state index in [1.165, 1.54) is 6.92 Å². The van der Waals surface area contributed by atoms with Crippen molar-refractivity contribution in [3.63, 3.8) is 0 Å². The van der Waals surface area contributed by atoms with Gasteiger partial charge >= 0.3 is 0 Å². The number of carbonyl (C=O) groups excluding carboxylic acids is 2. The number of benzene rings is 2.